The molecule has 0 amide bonds. The molecule has 0 aromatic carbocycles. The van der Waals surface area contributed by atoms with Crippen molar-refractivity contribution in [3.05, 3.63) is 0 Å². The quantitative estimate of drug-likeness (QED) is 0.570. The first kappa shape index (κ1) is 17.9. The van der Waals surface area contributed by atoms with Crippen molar-refractivity contribution in [2.75, 3.05) is 58.4 Å². The number of hydrogen-bond donors (Lipinski definition) is 2. The molecule has 5 nitrogen and oxygen atoms in total. The topological polar surface area (TPSA) is 48.9 Å². The molecule has 0 radical (unpaired) electrons. The van der Waals surface area contributed by atoms with Crippen LogP contribution in [0.4, 0.5) is 0 Å². The summed E-state index contributed by atoms with van der Waals surface area (Å²) in [6.45, 7) is 5.34. The highest BCUT2D eigenvalue weighted by molar-refractivity contribution is 7.99. The number of thioether (sulfide) groups is 1. The predicted octanol–water partition coefficient (Wildman–Crippen LogP) is 1.41. The molecule has 6 heteroatoms. The lowest BCUT2D eigenvalue weighted by atomic mass is 9.97. The van der Waals surface area contributed by atoms with Crippen LogP contribution in [0.2, 0.25) is 0 Å². The Bertz CT molecular complexity index is 326. The van der Waals surface area contributed by atoms with Crippen LogP contribution in [0.1, 0.15) is 25.7 Å². The monoisotopic (exact) mass is 328 g/mol. The number of hydrogen-bond acceptors (Lipinski definition) is 4. The third-order valence-electron chi connectivity index (χ3n) is 4.60. The van der Waals surface area contributed by atoms with E-state index in [0.717, 1.165) is 31.6 Å². The van der Waals surface area contributed by atoms with Gasteiger partial charge in [0.2, 0.25) is 0 Å². The Balaban J connectivity index is 1.62. The van der Waals surface area contributed by atoms with Gasteiger partial charge in [-0.05, 0) is 50.4 Å². The van der Waals surface area contributed by atoms with Gasteiger partial charge in [0, 0.05) is 39.0 Å². The third kappa shape index (κ3) is 6.34. The van der Waals surface area contributed by atoms with Gasteiger partial charge in [0.25, 0.3) is 0 Å². The van der Waals surface area contributed by atoms with E-state index in [1.807, 2.05) is 18.8 Å². The first-order chi connectivity index (χ1) is 10.8. The Morgan fingerprint density at radius 3 is 2.77 bits per heavy atom. The van der Waals surface area contributed by atoms with E-state index < -0.39 is 0 Å². The van der Waals surface area contributed by atoms with Gasteiger partial charge in [0.1, 0.15) is 0 Å². The molecule has 0 aliphatic carbocycles. The fraction of sp³-hybridized carbons (Fsp3) is 0.938. The van der Waals surface area contributed by atoms with Crippen LogP contribution < -0.4 is 10.6 Å². The molecule has 0 aromatic heterocycles. The van der Waals surface area contributed by atoms with Crippen LogP contribution in [-0.4, -0.2) is 75.4 Å². The maximum Gasteiger partial charge on any atom is 0.191 e. The van der Waals surface area contributed by atoms with Gasteiger partial charge in [-0.25, -0.2) is 0 Å². The minimum atomic E-state index is 0.584. The summed E-state index contributed by atoms with van der Waals surface area (Å²) in [5.41, 5.74) is 0. The Morgan fingerprint density at radius 1 is 1.32 bits per heavy atom. The van der Waals surface area contributed by atoms with Crippen molar-refractivity contribution >= 4 is 17.7 Å². The lowest BCUT2D eigenvalue weighted by Crippen LogP contribution is -2.47. The first-order valence-corrected chi connectivity index (χ1v) is 9.73. The SMILES string of the molecule is CN=C(NCC1CCN(CCOC)CC1)NC1CCCSC1. The average molecular weight is 329 g/mol. The molecule has 2 fully saturated rings. The van der Waals surface area contributed by atoms with Gasteiger partial charge >= 0.3 is 0 Å². The first-order valence-electron chi connectivity index (χ1n) is 8.58. The van der Waals surface area contributed by atoms with Crippen LogP contribution >= 0.6 is 11.8 Å². The maximum atomic E-state index is 5.16. The molecule has 2 saturated heterocycles. The molecule has 0 spiro atoms. The minimum absolute atomic E-state index is 0.584. The molecule has 2 rings (SSSR count). The molecule has 128 valence electrons. The Hall–Kier alpha value is -0.460. The Kier molecular flexibility index (Phi) is 8.41. The molecule has 1 unspecified atom stereocenters. The van der Waals surface area contributed by atoms with Gasteiger partial charge in [0.05, 0.1) is 6.61 Å². The van der Waals surface area contributed by atoms with E-state index in [1.165, 1.54) is 50.3 Å². The smallest absolute Gasteiger partial charge is 0.191 e. The molecule has 22 heavy (non-hydrogen) atoms. The molecule has 0 bridgehead atoms. The molecule has 2 aliphatic heterocycles. The Labute approximate surface area is 139 Å². The summed E-state index contributed by atoms with van der Waals surface area (Å²) in [6.07, 6.45) is 5.13. The van der Waals surface area contributed by atoms with Gasteiger partial charge in [-0.3, -0.25) is 4.99 Å². The summed E-state index contributed by atoms with van der Waals surface area (Å²) in [5.74, 6) is 4.26. The molecule has 0 aromatic rings. The number of piperidine rings is 1. The summed E-state index contributed by atoms with van der Waals surface area (Å²) < 4.78 is 5.16. The van der Waals surface area contributed by atoms with Gasteiger partial charge in [-0.1, -0.05) is 0 Å². The number of nitrogens with zero attached hydrogens (tertiary/aromatic N) is 2. The number of likely N-dealkylation sites (tertiary alicyclic amines) is 1. The van der Waals surface area contributed by atoms with E-state index in [0.29, 0.717) is 6.04 Å². The lowest BCUT2D eigenvalue weighted by Gasteiger charge is -2.32. The van der Waals surface area contributed by atoms with Gasteiger partial charge < -0.3 is 20.3 Å². The zero-order valence-electron chi connectivity index (χ0n) is 14.1. The van der Waals surface area contributed by atoms with E-state index in [2.05, 4.69) is 20.5 Å². The van der Waals surface area contributed by atoms with Crippen LogP contribution in [0.5, 0.6) is 0 Å². The molecule has 0 saturated carbocycles. The van der Waals surface area contributed by atoms with Crippen LogP contribution in [0.25, 0.3) is 0 Å². The number of guanidine groups is 1. The fourth-order valence-electron chi connectivity index (χ4n) is 3.12. The largest absolute Gasteiger partial charge is 0.383 e. The highest BCUT2D eigenvalue weighted by Crippen LogP contribution is 2.17. The van der Waals surface area contributed by atoms with E-state index in [1.54, 1.807) is 7.11 Å². The zero-order chi connectivity index (χ0) is 15.6. The average Bonchev–Trinajstić information content (AvgIpc) is 2.58. The van der Waals surface area contributed by atoms with E-state index in [9.17, 15) is 0 Å². The van der Waals surface area contributed by atoms with Crippen molar-refractivity contribution in [3.8, 4) is 0 Å². The third-order valence-corrected chi connectivity index (χ3v) is 5.82. The van der Waals surface area contributed by atoms with Crippen molar-refractivity contribution in [3.63, 3.8) is 0 Å². The summed E-state index contributed by atoms with van der Waals surface area (Å²) in [6, 6.07) is 0.584. The molecule has 2 aliphatic rings. The number of ether oxygens (including phenoxy) is 1. The summed E-state index contributed by atoms with van der Waals surface area (Å²) >= 11 is 2.05. The summed E-state index contributed by atoms with van der Waals surface area (Å²) in [4.78, 5) is 6.89. The van der Waals surface area contributed by atoms with E-state index in [4.69, 9.17) is 4.74 Å². The second kappa shape index (κ2) is 10.3. The van der Waals surface area contributed by atoms with Crippen molar-refractivity contribution in [1.29, 1.82) is 0 Å². The number of nitrogens with one attached hydrogen (secondary N) is 2. The lowest BCUT2D eigenvalue weighted by molar-refractivity contribution is 0.121. The standard InChI is InChI=1S/C16H32N4OS/c1-17-16(19-15-4-3-11-22-13-15)18-12-14-5-7-20(8-6-14)9-10-21-2/h14-15H,3-13H2,1-2H3,(H2,17,18,19). The van der Waals surface area contributed by atoms with Gasteiger partial charge in [-0.2, -0.15) is 11.8 Å². The summed E-state index contributed by atoms with van der Waals surface area (Å²) in [5, 5.41) is 7.10. The normalized spacial score (nSPS) is 25.2. The van der Waals surface area contributed by atoms with Crippen molar-refractivity contribution in [1.82, 2.24) is 15.5 Å². The summed E-state index contributed by atoms with van der Waals surface area (Å²) in [7, 11) is 3.65. The van der Waals surface area contributed by atoms with Crippen LogP contribution in [0.15, 0.2) is 4.99 Å². The molecule has 2 N–H and O–H groups in total. The fourth-order valence-corrected chi connectivity index (χ4v) is 4.19. The molecular formula is C16H32N4OS. The highest BCUT2D eigenvalue weighted by atomic mass is 32.2. The Morgan fingerprint density at radius 2 is 2.14 bits per heavy atom. The number of aliphatic imine (C=N–C) groups is 1. The van der Waals surface area contributed by atoms with Crippen LogP contribution in [0, 0.1) is 5.92 Å². The van der Waals surface area contributed by atoms with Crippen molar-refractivity contribution in [2.45, 2.75) is 31.7 Å². The molecular weight excluding hydrogens is 296 g/mol. The minimum Gasteiger partial charge on any atom is -0.383 e. The highest BCUT2D eigenvalue weighted by Gasteiger charge is 2.20. The molecule has 1 atom stereocenters. The number of rotatable bonds is 6. The number of methoxy groups -OCH3 is 1. The second-order valence-corrected chi connectivity index (χ2v) is 7.44. The zero-order valence-corrected chi connectivity index (χ0v) is 15.0. The van der Waals surface area contributed by atoms with Crippen molar-refractivity contribution in [2.24, 2.45) is 10.9 Å². The molecule has 2 heterocycles. The van der Waals surface area contributed by atoms with Gasteiger partial charge in [0.15, 0.2) is 5.96 Å². The van der Waals surface area contributed by atoms with Crippen LogP contribution in [-0.2, 0) is 4.74 Å². The van der Waals surface area contributed by atoms with E-state index in [-0.39, 0.29) is 0 Å². The van der Waals surface area contributed by atoms with Crippen molar-refractivity contribution < 1.29 is 4.74 Å². The van der Waals surface area contributed by atoms with Gasteiger partial charge in [-0.15, -0.1) is 0 Å². The second-order valence-electron chi connectivity index (χ2n) is 6.29. The van der Waals surface area contributed by atoms with E-state index >= 15 is 0 Å². The van der Waals surface area contributed by atoms with Crippen LogP contribution in [0.3, 0.4) is 0 Å². The maximum absolute atomic E-state index is 5.16. The predicted molar refractivity (Wildman–Crippen MR) is 95.9 cm³/mol.